The molecule has 34 heavy (non-hydrogen) atoms. The van der Waals surface area contributed by atoms with Gasteiger partial charge in [0.05, 0.1) is 19.9 Å². The smallest absolute Gasteiger partial charge is 0.244 e. The molecular weight excluding hydrogens is 442 g/mol. The number of methoxy groups -OCH3 is 1. The number of aryl methyl sites for hydroxylation is 1. The van der Waals surface area contributed by atoms with E-state index in [9.17, 15) is 4.79 Å². The molecule has 1 N–H and O–H groups in total. The van der Waals surface area contributed by atoms with Crippen molar-refractivity contribution in [1.29, 1.82) is 0 Å². The van der Waals surface area contributed by atoms with Gasteiger partial charge in [0.25, 0.3) is 0 Å². The zero-order valence-electron chi connectivity index (χ0n) is 19.3. The molecular formula is C29H25NO3S. The van der Waals surface area contributed by atoms with Gasteiger partial charge in [-0.15, -0.1) is 11.3 Å². The first-order chi connectivity index (χ1) is 16.6. The summed E-state index contributed by atoms with van der Waals surface area (Å²) in [6, 6.07) is 20.7. The molecule has 0 saturated heterocycles. The maximum Gasteiger partial charge on any atom is 0.244 e. The summed E-state index contributed by atoms with van der Waals surface area (Å²) in [5.41, 5.74) is 5.54. The molecule has 0 aliphatic heterocycles. The highest BCUT2D eigenvalue weighted by atomic mass is 32.1. The molecule has 0 aliphatic rings. The van der Waals surface area contributed by atoms with Gasteiger partial charge in [0.15, 0.2) is 0 Å². The Labute approximate surface area is 202 Å². The average Bonchev–Trinajstić information content (AvgIpc) is 3.52. The summed E-state index contributed by atoms with van der Waals surface area (Å²) < 4.78 is 11.8. The van der Waals surface area contributed by atoms with Crippen LogP contribution in [0.3, 0.4) is 0 Å². The SMILES string of the molecule is COc1c(/C(C)=C/C(=O)NCc2cccs2)cc2c(-c3cccc4ccccc34)coc2c1C. The number of ether oxygens (including phenoxy) is 1. The number of thiophene rings is 1. The minimum Gasteiger partial charge on any atom is -0.496 e. The second-order valence-corrected chi connectivity index (χ2v) is 9.29. The van der Waals surface area contributed by atoms with Crippen LogP contribution in [0.15, 0.2) is 82.8 Å². The van der Waals surface area contributed by atoms with E-state index >= 15 is 0 Å². The maximum atomic E-state index is 12.6. The van der Waals surface area contributed by atoms with Crippen LogP contribution in [0.4, 0.5) is 0 Å². The summed E-state index contributed by atoms with van der Waals surface area (Å²) in [6.07, 6.45) is 3.45. The van der Waals surface area contributed by atoms with Crippen LogP contribution in [-0.4, -0.2) is 13.0 Å². The van der Waals surface area contributed by atoms with E-state index < -0.39 is 0 Å². The summed E-state index contributed by atoms with van der Waals surface area (Å²) in [5.74, 6) is 0.582. The molecule has 3 aromatic carbocycles. The zero-order chi connectivity index (χ0) is 23.7. The topological polar surface area (TPSA) is 51.5 Å². The van der Waals surface area contributed by atoms with Gasteiger partial charge in [-0.25, -0.2) is 0 Å². The number of hydrogen-bond acceptors (Lipinski definition) is 4. The van der Waals surface area contributed by atoms with Crippen molar-refractivity contribution in [3.8, 4) is 16.9 Å². The highest BCUT2D eigenvalue weighted by molar-refractivity contribution is 7.09. The van der Waals surface area contributed by atoms with Crippen molar-refractivity contribution in [2.75, 3.05) is 7.11 Å². The molecule has 0 spiro atoms. The molecule has 1 amide bonds. The molecule has 0 saturated carbocycles. The van der Waals surface area contributed by atoms with Crippen LogP contribution in [0.5, 0.6) is 5.75 Å². The van der Waals surface area contributed by atoms with E-state index in [-0.39, 0.29) is 5.91 Å². The number of nitrogens with one attached hydrogen (secondary N) is 1. The summed E-state index contributed by atoms with van der Waals surface area (Å²) in [5, 5.41) is 8.31. The number of benzene rings is 3. The molecule has 0 aliphatic carbocycles. The lowest BCUT2D eigenvalue weighted by atomic mass is 9.94. The van der Waals surface area contributed by atoms with Crippen LogP contribution in [0.2, 0.25) is 0 Å². The number of furan rings is 1. The van der Waals surface area contributed by atoms with Crippen LogP contribution < -0.4 is 10.1 Å². The standard InChI is InChI=1S/C29H25NO3S/c1-18(14-27(31)30-16-21-10-7-13-34-21)24-15-25-26(17-33-29(25)19(2)28(24)32-3)23-12-6-9-20-8-4-5-11-22(20)23/h4-15,17H,16H2,1-3H3,(H,30,31)/b18-14+. The monoisotopic (exact) mass is 467 g/mol. The summed E-state index contributed by atoms with van der Waals surface area (Å²) in [4.78, 5) is 13.7. The molecule has 0 atom stereocenters. The van der Waals surface area contributed by atoms with E-state index in [1.54, 1.807) is 24.5 Å². The van der Waals surface area contributed by atoms with Crippen LogP contribution in [0.25, 0.3) is 38.4 Å². The lowest BCUT2D eigenvalue weighted by Crippen LogP contribution is -2.20. The number of allylic oxidation sites excluding steroid dienone is 1. The molecule has 0 unspecified atom stereocenters. The summed E-state index contributed by atoms with van der Waals surface area (Å²) in [6.45, 7) is 4.44. The van der Waals surface area contributed by atoms with Gasteiger partial charge in [-0.3, -0.25) is 4.79 Å². The van der Waals surface area contributed by atoms with Crippen molar-refractivity contribution >= 4 is 44.6 Å². The Hall–Kier alpha value is -3.83. The average molecular weight is 468 g/mol. The van der Waals surface area contributed by atoms with Gasteiger partial charge in [-0.1, -0.05) is 48.5 Å². The lowest BCUT2D eigenvalue weighted by molar-refractivity contribution is -0.116. The minimum atomic E-state index is -0.132. The Morgan fingerprint density at radius 2 is 1.88 bits per heavy atom. The van der Waals surface area contributed by atoms with Crippen LogP contribution in [0, 0.1) is 6.92 Å². The van der Waals surface area contributed by atoms with Gasteiger partial charge in [0, 0.05) is 33.0 Å². The highest BCUT2D eigenvalue weighted by Crippen LogP contribution is 2.42. The Morgan fingerprint density at radius 1 is 1.06 bits per heavy atom. The predicted molar refractivity (Wildman–Crippen MR) is 140 cm³/mol. The molecule has 0 bridgehead atoms. The Balaban J connectivity index is 1.59. The molecule has 4 nitrogen and oxygen atoms in total. The second-order valence-electron chi connectivity index (χ2n) is 8.26. The maximum absolute atomic E-state index is 12.6. The zero-order valence-corrected chi connectivity index (χ0v) is 20.2. The van der Waals surface area contributed by atoms with Gasteiger partial charge in [-0.2, -0.15) is 0 Å². The quantitative estimate of drug-likeness (QED) is 0.266. The molecule has 2 aromatic heterocycles. The molecule has 2 heterocycles. The largest absolute Gasteiger partial charge is 0.496 e. The van der Waals surface area contributed by atoms with E-state index in [0.717, 1.165) is 43.7 Å². The fourth-order valence-electron chi connectivity index (χ4n) is 4.45. The summed E-state index contributed by atoms with van der Waals surface area (Å²) in [7, 11) is 1.65. The van der Waals surface area contributed by atoms with Gasteiger partial charge >= 0.3 is 0 Å². The molecule has 5 aromatic rings. The van der Waals surface area contributed by atoms with Crippen molar-refractivity contribution in [3.63, 3.8) is 0 Å². The first-order valence-electron chi connectivity index (χ1n) is 11.1. The van der Waals surface area contributed by atoms with Crippen LogP contribution >= 0.6 is 11.3 Å². The predicted octanol–water partition coefficient (Wildman–Crippen LogP) is 7.35. The van der Waals surface area contributed by atoms with E-state index in [2.05, 4.69) is 47.8 Å². The first kappa shape index (κ1) is 22.0. The Kier molecular flexibility index (Phi) is 5.95. The minimum absolute atomic E-state index is 0.132. The third kappa shape index (κ3) is 3.99. The van der Waals surface area contributed by atoms with E-state index in [1.165, 1.54) is 10.8 Å². The van der Waals surface area contributed by atoms with Gasteiger partial charge in [-0.05, 0) is 53.3 Å². The lowest BCUT2D eigenvalue weighted by Gasteiger charge is -2.13. The van der Waals surface area contributed by atoms with Gasteiger partial charge < -0.3 is 14.5 Å². The number of amides is 1. The molecule has 0 radical (unpaired) electrons. The van der Waals surface area contributed by atoms with Gasteiger partial charge in [0.1, 0.15) is 11.3 Å². The molecule has 5 heteroatoms. The molecule has 170 valence electrons. The van der Waals surface area contributed by atoms with E-state index in [0.29, 0.717) is 12.3 Å². The fraction of sp³-hybridized carbons (Fsp3) is 0.138. The van der Waals surface area contributed by atoms with E-state index in [1.807, 2.05) is 43.7 Å². The molecule has 5 rings (SSSR count). The number of carbonyl (C=O) groups is 1. The number of fused-ring (bicyclic) bond motifs is 2. The third-order valence-electron chi connectivity index (χ3n) is 6.12. The van der Waals surface area contributed by atoms with Crippen molar-refractivity contribution in [2.45, 2.75) is 20.4 Å². The van der Waals surface area contributed by atoms with Crippen molar-refractivity contribution in [1.82, 2.24) is 5.32 Å². The normalized spacial score (nSPS) is 11.8. The third-order valence-corrected chi connectivity index (χ3v) is 6.99. The molecule has 0 fully saturated rings. The van der Waals surface area contributed by atoms with Crippen LogP contribution in [0.1, 0.15) is 22.9 Å². The Bertz CT molecular complexity index is 1520. The van der Waals surface area contributed by atoms with E-state index in [4.69, 9.17) is 9.15 Å². The summed E-state index contributed by atoms with van der Waals surface area (Å²) >= 11 is 1.62. The van der Waals surface area contributed by atoms with Crippen molar-refractivity contribution in [2.24, 2.45) is 0 Å². The Morgan fingerprint density at radius 3 is 2.68 bits per heavy atom. The first-order valence-corrected chi connectivity index (χ1v) is 12.0. The highest BCUT2D eigenvalue weighted by Gasteiger charge is 2.19. The van der Waals surface area contributed by atoms with Crippen molar-refractivity contribution in [3.05, 3.63) is 94.4 Å². The number of rotatable bonds is 6. The van der Waals surface area contributed by atoms with Crippen LogP contribution in [-0.2, 0) is 11.3 Å². The number of carbonyl (C=O) groups excluding carboxylic acids is 1. The second kappa shape index (κ2) is 9.20. The fourth-order valence-corrected chi connectivity index (χ4v) is 5.10. The number of hydrogen-bond donors (Lipinski definition) is 1. The van der Waals surface area contributed by atoms with Crippen molar-refractivity contribution < 1.29 is 13.9 Å². The van der Waals surface area contributed by atoms with Gasteiger partial charge in [0.2, 0.25) is 5.91 Å².